The van der Waals surface area contributed by atoms with Crippen LogP contribution in [-0.4, -0.2) is 44.8 Å². The van der Waals surface area contributed by atoms with Gasteiger partial charge in [0.2, 0.25) is 0 Å². The smallest absolute Gasteiger partial charge is 0.142 e. The van der Waals surface area contributed by atoms with E-state index in [2.05, 4.69) is 34.4 Å². The highest BCUT2D eigenvalue weighted by atomic mass is 16.5. The van der Waals surface area contributed by atoms with Crippen LogP contribution in [0.3, 0.4) is 0 Å². The first kappa shape index (κ1) is 13.2. The second-order valence-corrected chi connectivity index (χ2v) is 4.55. The van der Waals surface area contributed by atoms with Gasteiger partial charge >= 0.3 is 0 Å². The van der Waals surface area contributed by atoms with Crippen LogP contribution in [0.4, 0.5) is 5.69 Å². The van der Waals surface area contributed by atoms with Gasteiger partial charge < -0.3 is 9.64 Å². The van der Waals surface area contributed by atoms with Crippen molar-refractivity contribution in [2.75, 3.05) is 44.7 Å². The van der Waals surface area contributed by atoms with E-state index < -0.39 is 0 Å². The fourth-order valence-corrected chi connectivity index (χ4v) is 2.27. The quantitative estimate of drug-likeness (QED) is 0.860. The zero-order valence-corrected chi connectivity index (χ0v) is 11.4. The third-order valence-corrected chi connectivity index (χ3v) is 3.29. The molecule has 1 aliphatic heterocycles. The number of nitrogens with zero attached hydrogens (tertiary/aromatic N) is 2. The summed E-state index contributed by atoms with van der Waals surface area (Å²) in [5, 5.41) is 2.31. The van der Waals surface area contributed by atoms with Crippen molar-refractivity contribution in [3.05, 3.63) is 24.3 Å². The SMILES string of the molecule is CCCNN1CCN(c2ccccc2OC)CC1. The highest BCUT2D eigenvalue weighted by Crippen LogP contribution is 2.28. The average Bonchev–Trinajstić information content (AvgIpc) is 2.45. The summed E-state index contributed by atoms with van der Waals surface area (Å²) in [7, 11) is 1.73. The second-order valence-electron chi connectivity index (χ2n) is 4.55. The normalized spacial score (nSPS) is 16.9. The molecular weight excluding hydrogens is 226 g/mol. The molecule has 0 radical (unpaired) electrons. The van der Waals surface area contributed by atoms with Gasteiger partial charge in [0.25, 0.3) is 0 Å². The van der Waals surface area contributed by atoms with Gasteiger partial charge in [0.15, 0.2) is 0 Å². The third-order valence-electron chi connectivity index (χ3n) is 3.29. The number of benzene rings is 1. The summed E-state index contributed by atoms with van der Waals surface area (Å²) in [5.74, 6) is 0.965. The van der Waals surface area contributed by atoms with Gasteiger partial charge in [-0.1, -0.05) is 19.1 Å². The molecule has 0 saturated carbocycles. The van der Waals surface area contributed by atoms with Crippen LogP contribution in [0.5, 0.6) is 5.75 Å². The molecule has 0 aromatic heterocycles. The molecule has 100 valence electrons. The number of rotatable bonds is 5. The number of methoxy groups -OCH3 is 1. The molecule has 2 rings (SSSR count). The van der Waals surface area contributed by atoms with Crippen molar-refractivity contribution in [1.29, 1.82) is 0 Å². The van der Waals surface area contributed by atoms with Crippen molar-refractivity contribution in [3.8, 4) is 5.75 Å². The molecule has 4 nitrogen and oxygen atoms in total. The second kappa shape index (κ2) is 6.61. The largest absolute Gasteiger partial charge is 0.495 e. The minimum atomic E-state index is 0.965. The standard InChI is InChI=1S/C14H23N3O/c1-3-8-15-17-11-9-16(10-12-17)13-6-4-5-7-14(13)18-2/h4-7,15H,3,8-12H2,1-2H3. The number of piperazine rings is 1. The van der Waals surface area contributed by atoms with Gasteiger partial charge in [0.1, 0.15) is 5.75 Å². The van der Waals surface area contributed by atoms with Crippen LogP contribution in [-0.2, 0) is 0 Å². The molecule has 0 aliphatic carbocycles. The van der Waals surface area contributed by atoms with Gasteiger partial charge in [-0.25, -0.2) is 5.01 Å². The average molecular weight is 249 g/mol. The Morgan fingerprint density at radius 3 is 2.56 bits per heavy atom. The number of ether oxygens (including phenoxy) is 1. The fourth-order valence-electron chi connectivity index (χ4n) is 2.27. The summed E-state index contributed by atoms with van der Waals surface area (Å²) in [6.07, 6.45) is 1.17. The van der Waals surface area contributed by atoms with E-state index >= 15 is 0 Å². The lowest BCUT2D eigenvalue weighted by molar-refractivity contribution is 0.176. The van der Waals surface area contributed by atoms with Crippen LogP contribution in [0, 0.1) is 0 Å². The summed E-state index contributed by atoms with van der Waals surface area (Å²) in [4.78, 5) is 2.39. The van der Waals surface area contributed by atoms with Crippen LogP contribution >= 0.6 is 0 Å². The maximum atomic E-state index is 5.42. The van der Waals surface area contributed by atoms with Crippen molar-refractivity contribution in [1.82, 2.24) is 10.4 Å². The van der Waals surface area contributed by atoms with Crippen molar-refractivity contribution < 1.29 is 4.74 Å². The Labute approximate surface area is 109 Å². The van der Waals surface area contributed by atoms with Gasteiger partial charge in [-0.3, -0.25) is 5.43 Å². The molecule has 0 amide bonds. The van der Waals surface area contributed by atoms with Crippen LogP contribution in [0.15, 0.2) is 24.3 Å². The first-order valence-electron chi connectivity index (χ1n) is 6.71. The van der Waals surface area contributed by atoms with Crippen molar-refractivity contribution in [2.24, 2.45) is 0 Å². The molecule has 4 heteroatoms. The van der Waals surface area contributed by atoms with Crippen LogP contribution in [0.25, 0.3) is 0 Å². The minimum absolute atomic E-state index is 0.965. The van der Waals surface area contributed by atoms with E-state index in [4.69, 9.17) is 4.74 Å². The van der Waals surface area contributed by atoms with Gasteiger partial charge in [0, 0.05) is 32.7 Å². The molecule has 1 fully saturated rings. The summed E-state index contributed by atoms with van der Waals surface area (Å²) < 4.78 is 5.42. The fraction of sp³-hybridized carbons (Fsp3) is 0.571. The monoisotopic (exact) mass is 249 g/mol. The van der Waals surface area contributed by atoms with E-state index in [-0.39, 0.29) is 0 Å². The number of anilines is 1. The Morgan fingerprint density at radius 2 is 1.89 bits per heavy atom. The van der Waals surface area contributed by atoms with Gasteiger partial charge in [-0.2, -0.15) is 0 Å². The Hall–Kier alpha value is -1.26. The molecule has 0 spiro atoms. The molecule has 0 atom stereocenters. The van der Waals surface area contributed by atoms with E-state index in [1.54, 1.807) is 7.11 Å². The first-order chi connectivity index (χ1) is 8.85. The zero-order chi connectivity index (χ0) is 12.8. The number of hydrazine groups is 1. The molecule has 0 bridgehead atoms. The maximum Gasteiger partial charge on any atom is 0.142 e. The molecule has 1 aromatic carbocycles. The van der Waals surface area contributed by atoms with E-state index in [0.29, 0.717) is 0 Å². The predicted octanol–water partition coefficient (Wildman–Crippen LogP) is 1.73. The van der Waals surface area contributed by atoms with Gasteiger partial charge in [-0.05, 0) is 18.6 Å². The topological polar surface area (TPSA) is 27.7 Å². The maximum absolute atomic E-state index is 5.42. The molecule has 1 aromatic rings. The highest BCUT2D eigenvalue weighted by molar-refractivity contribution is 5.58. The number of hydrogen-bond acceptors (Lipinski definition) is 4. The molecule has 1 aliphatic rings. The number of nitrogens with one attached hydrogen (secondary N) is 1. The molecule has 1 N–H and O–H groups in total. The van der Waals surface area contributed by atoms with E-state index in [1.165, 1.54) is 12.1 Å². The van der Waals surface area contributed by atoms with E-state index in [1.807, 2.05) is 12.1 Å². The van der Waals surface area contributed by atoms with Crippen LogP contribution < -0.4 is 15.1 Å². The van der Waals surface area contributed by atoms with E-state index in [9.17, 15) is 0 Å². The van der Waals surface area contributed by atoms with Crippen LogP contribution in [0.1, 0.15) is 13.3 Å². The lowest BCUT2D eigenvalue weighted by Gasteiger charge is -2.36. The summed E-state index contributed by atoms with van der Waals surface area (Å²) in [5.41, 5.74) is 4.65. The van der Waals surface area contributed by atoms with Crippen molar-refractivity contribution in [3.63, 3.8) is 0 Å². The molecule has 0 unspecified atom stereocenters. The van der Waals surface area contributed by atoms with Crippen molar-refractivity contribution >= 4 is 5.69 Å². The van der Waals surface area contributed by atoms with Crippen molar-refractivity contribution in [2.45, 2.75) is 13.3 Å². The lowest BCUT2D eigenvalue weighted by Crippen LogP contribution is -2.52. The summed E-state index contributed by atoms with van der Waals surface area (Å²) in [6, 6.07) is 8.24. The number of hydrogen-bond donors (Lipinski definition) is 1. The van der Waals surface area contributed by atoms with Gasteiger partial charge in [-0.15, -0.1) is 0 Å². The summed E-state index contributed by atoms with van der Waals surface area (Å²) in [6.45, 7) is 7.44. The molecular formula is C14H23N3O. The molecule has 1 heterocycles. The summed E-state index contributed by atoms with van der Waals surface area (Å²) >= 11 is 0. The Kier molecular flexibility index (Phi) is 4.84. The zero-order valence-electron chi connectivity index (χ0n) is 11.4. The first-order valence-corrected chi connectivity index (χ1v) is 6.71. The number of para-hydroxylation sites is 2. The molecule has 18 heavy (non-hydrogen) atoms. The van der Waals surface area contributed by atoms with E-state index in [0.717, 1.165) is 38.5 Å². The minimum Gasteiger partial charge on any atom is -0.495 e. The predicted molar refractivity (Wildman–Crippen MR) is 75.1 cm³/mol. The third kappa shape index (κ3) is 3.15. The molecule has 1 saturated heterocycles. The Morgan fingerprint density at radius 1 is 1.17 bits per heavy atom. The Bertz CT molecular complexity index is 362. The highest BCUT2D eigenvalue weighted by Gasteiger charge is 2.18. The van der Waals surface area contributed by atoms with Gasteiger partial charge in [0.05, 0.1) is 12.8 Å². The lowest BCUT2D eigenvalue weighted by atomic mass is 10.2. The van der Waals surface area contributed by atoms with Crippen LogP contribution in [0.2, 0.25) is 0 Å². The Balaban J connectivity index is 1.92.